The minimum Gasteiger partial charge on any atom is -0.491 e. The molecule has 2 aromatic rings. The average molecular weight is 392 g/mol. The first-order valence-corrected chi connectivity index (χ1v) is 10.2. The first-order valence-electron chi connectivity index (χ1n) is 9.42. The number of amides is 1. The number of unbranched alkanes of at least 4 members (excludes halogenated alkanes) is 1. The Kier molecular flexibility index (Phi) is 5.31. The number of carbonyl (C=O) groups is 1. The number of nitrogens with zero attached hydrogens (tertiary/aromatic N) is 3. The topological polar surface area (TPSA) is 87.4 Å². The zero-order chi connectivity index (χ0) is 19.5. The molecule has 2 aliphatic rings. The lowest BCUT2D eigenvalue weighted by molar-refractivity contribution is -0.113. The maximum atomic E-state index is 12.2. The number of hydrogen-bond donors (Lipinski definition) is 1. The molecule has 1 N–H and O–H groups in total. The molecule has 1 aromatic carbocycles. The molecule has 2 heterocycles. The number of ether oxygens (including phenoxy) is 1. The Bertz CT molecular complexity index is 1030. The molecule has 1 fully saturated rings. The third kappa shape index (κ3) is 4.02. The Hall–Kier alpha value is -2.85. The molecule has 142 valence electrons. The molecular weight excluding hydrogens is 372 g/mol. The number of carbonyl (C=O) groups excluding carboxylic acids is 1. The van der Waals surface area contributed by atoms with E-state index in [1.807, 2.05) is 24.3 Å². The summed E-state index contributed by atoms with van der Waals surface area (Å²) < 4.78 is 5.91. The molecule has 1 saturated carbocycles. The van der Waals surface area contributed by atoms with Gasteiger partial charge in [-0.3, -0.25) is 9.78 Å². The highest BCUT2D eigenvalue weighted by atomic mass is 32.2. The van der Waals surface area contributed by atoms with E-state index in [0.717, 1.165) is 42.1 Å². The summed E-state index contributed by atoms with van der Waals surface area (Å²) in [7, 11) is 0. The van der Waals surface area contributed by atoms with E-state index in [-0.39, 0.29) is 5.91 Å². The van der Waals surface area contributed by atoms with Crippen molar-refractivity contribution in [1.82, 2.24) is 10.3 Å². The highest BCUT2D eigenvalue weighted by molar-refractivity contribution is 8.18. The number of benzene rings is 1. The van der Waals surface area contributed by atoms with Gasteiger partial charge in [0.25, 0.3) is 5.91 Å². The molecule has 0 radical (unpaired) electrons. The molecular formula is C21H20N4O2S. The molecule has 0 bridgehead atoms. The lowest BCUT2D eigenvalue weighted by Gasteiger charge is -2.11. The zero-order valence-corrected chi connectivity index (χ0v) is 16.4. The van der Waals surface area contributed by atoms with Crippen LogP contribution in [0.25, 0.3) is 17.0 Å². The Morgan fingerprint density at radius 2 is 2.29 bits per heavy atom. The molecule has 0 atom stereocenters. The number of hydrogen-bond acceptors (Lipinski definition) is 6. The third-order valence-corrected chi connectivity index (χ3v) is 5.45. The summed E-state index contributed by atoms with van der Waals surface area (Å²) >= 11 is 1.37. The van der Waals surface area contributed by atoms with Crippen molar-refractivity contribution in [1.29, 1.82) is 5.26 Å². The average Bonchev–Trinajstić information content (AvgIpc) is 3.44. The van der Waals surface area contributed by atoms with Crippen molar-refractivity contribution in [3.05, 3.63) is 40.4 Å². The predicted molar refractivity (Wildman–Crippen MR) is 111 cm³/mol. The van der Waals surface area contributed by atoms with Crippen LogP contribution in [-0.4, -0.2) is 28.7 Å². The number of thioether (sulfide) groups is 1. The van der Waals surface area contributed by atoms with Gasteiger partial charge in [0.05, 0.1) is 17.0 Å². The number of pyridine rings is 1. The lowest BCUT2D eigenvalue weighted by atomic mass is 10.1. The third-order valence-electron chi connectivity index (χ3n) is 4.53. The van der Waals surface area contributed by atoms with Crippen molar-refractivity contribution in [2.45, 2.75) is 38.6 Å². The molecule has 1 aliphatic carbocycles. The van der Waals surface area contributed by atoms with Crippen molar-refractivity contribution in [2.24, 2.45) is 4.99 Å². The van der Waals surface area contributed by atoms with E-state index in [2.05, 4.69) is 28.3 Å². The van der Waals surface area contributed by atoms with Gasteiger partial charge in [-0.1, -0.05) is 19.4 Å². The number of fused-ring (bicyclic) bond motifs is 1. The molecule has 7 heteroatoms. The van der Waals surface area contributed by atoms with Crippen LogP contribution in [0.5, 0.6) is 5.75 Å². The number of aromatic nitrogens is 1. The summed E-state index contributed by atoms with van der Waals surface area (Å²) in [5, 5.41) is 14.1. The van der Waals surface area contributed by atoms with Gasteiger partial charge in [0.1, 0.15) is 17.4 Å². The second kappa shape index (κ2) is 8.03. The van der Waals surface area contributed by atoms with E-state index in [0.29, 0.717) is 34.0 Å². The van der Waals surface area contributed by atoms with E-state index >= 15 is 0 Å². The molecule has 1 amide bonds. The maximum Gasteiger partial charge on any atom is 0.286 e. The van der Waals surface area contributed by atoms with E-state index in [4.69, 9.17) is 4.74 Å². The summed E-state index contributed by atoms with van der Waals surface area (Å²) in [6.45, 7) is 2.64. The largest absolute Gasteiger partial charge is 0.491 e. The second-order valence-corrected chi connectivity index (χ2v) is 7.87. The molecule has 4 rings (SSSR count). The maximum absolute atomic E-state index is 12.2. The molecule has 1 aliphatic heterocycles. The first kappa shape index (κ1) is 18.5. The SMILES string of the molecule is CCCCOc1c(C#N)cnc2ccc(/C=C3\SC(NC4CC4)=NC3=O)cc12. The quantitative estimate of drug-likeness (QED) is 0.590. The van der Waals surface area contributed by atoms with Crippen molar-refractivity contribution in [3.63, 3.8) is 0 Å². The summed E-state index contributed by atoms with van der Waals surface area (Å²) in [6, 6.07) is 8.31. The molecule has 0 saturated heterocycles. The zero-order valence-electron chi connectivity index (χ0n) is 15.6. The van der Waals surface area contributed by atoms with Gasteiger partial charge < -0.3 is 10.1 Å². The highest BCUT2D eigenvalue weighted by Gasteiger charge is 2.28. The summed E-state index contributed by atoms with van der Waals surface area (Å²) in [4.78, 5) is 21.2. The van der Waals surface area contributed by atoms with Gasteiger partial charge in [0.15, 0.2) is 5.17 Å². The van der Waals surface area contributed by atoms with Crippen LogP contribution in [0.4, 0.5) is 0 Å². The van der Waals surface area contributed by atoms with E-state index in [1.165, 1.54) is 11.8 Å². The Morgan fingerprint density at radius 1 is 1.43 bits per heavy atom. The van der Waals surface area contributed by atoms with Crippen molar-refractivity contribution < 1.29 is 9.53 Å². The number of amidine groups is 1. The fourth-order valence-electron chi connectivity index (χ4n) is 2.85. The molecule has 28 heavy (non-hydrogen) atoms. The predicted octanol–water partition coefficient (Wildman–Crippen LogP) is 4.01. The Morgan fingerprint density at radius 3 is 3.04 bits per heavy atom. The fraction of sp³-hybridized carbons (Fsp3) is 0.333. The van der Waals surface area contributed by atoms with Crippen LogP contribution in [0.1, 0.15) is 43.7 Å². The van der Waals surface area contributed by atoms with Gasteiger partial charge in [0.2, 0.25) is 0 Å². The first-order chi connectivity index (χ1) is 13.7. The number of rotatable bonds is 6. The van der Waals surface area contributed by atoms with Crippen LogP contribution < -0.4 is 10.1 Å². The minimum atomic E-state index is -0.225. The van der Waals surface area contributed by atoms with Crippen LogP contribution in [-0.2, 0) is 4.79 Å². The van der Waals surface area contributed by atoms with Crippen molar-refractivity contribution in [2.75, 3.05) is 6.61 Å². The highest BCUT2D eigenvalue weighted by Crippen LogP contribution is 2.33. The molecule has 0 spiro atoms. The van der Waals surface area contributed by atoms with E-state index in [9.17, 15) is 10.1 Å². The molecule has 6 nitrogen and oxygen atoms in total. The summed E-state index contributed by atoms with van der Waals surface area (Å²) in [5.41, 5.74) is 2.02. The van der Waals surface area contributed by atoms with Gasteiger partial charge >= 0.3 is 0 Å². The summed E-state index contributed by atoms with van der Waals surface area (Å²) in [5.74, 6) is 0.329. The smallest absolute Gasteiger partial charge is 0.286 e. The normalized spacial score (nSPS) is 17.6. The minimum absolute atomic E-state index is 0.225. The van der Waals surface area contributed by atoms with Crippen LogP contribution >= 0.6 is 11.8 Å². The second-order valence-electron chi connectivity index (χ2n) is 6.84. The summed E-state index contributed by atoms with van der Waals surface area (Å²) in [6.07, 6.45) is 7.56. The van der Waals surface area contributed by atoms with Gasteiger partial charge in [0, 0.05) is 17.6 Å². The van der Waals surface area contributed by atoms with Gasteiger partial charge in [-0.05, 0) is 54.8 Å². The fourth-order valence-corrected chi connectivity index (χ4v) is 3.74. The van der Waals surface area contributed by atoms with E-state index in [1.54, 1.807) is 6.20 Å². The van der Waals surface area contributed by atoms with E-state index < -0.39 is 0 Å². The van der Waals surface area contributed by atoms with Crippen LogP contribution in [0.3, 0.4) is 0 Å². The van der Waals surface area contributed by atoms with Crippen molar-refractivity contribution >= 4 is 39.8 Å². The monoisotopic (exact) mass is 392 g/mol. The van der Waals surface area contributed by atoms with Crippen molar-refractivity contribution in [3.8, 4) is 11.8 Å². The van der Waals surface area contributed by atoms with Gasteiger partial charge in [-0.15, -0.1) is 0 Å². The van der Waals surface area contributed by atoms with Crippen LogP contribution in [0, 0.1) is 11.3 Å². The van der Waals surface area contributed by atoms with Gasteiger partial charge in [-0.25, -0.2) is 0 Å². The van der Waals surface area contributed by atoms with Crippen LogP contribution in [0.15, 0.2) is 34.3 Å². The lowest BCUT2D eigenvalue weighted by Crippen LogP contribution is -2.20. The number of nitriles is 1. The molecule has 1 aromatic heterocycles. The number of nitrogens with one attached hydrogen (secondary N) is 1. The Labute approximate surface area is 167 Å². The van der Waals surface area contributed by atoms with Gasteiger partial charge in [-0.2, -0.15) is 10.3 Å². The van der Waals surface area contributed by atoms with Crippen LogP contribution in [0.2, 0.25) is 0 Å². The number of aliphatic imine (C=N–C) groups is 1. The molecule has 0 unspecified atom stereocenters. The Balaban J connectivity index is 1.64. The standard InChI is InChI=1S/C21H20N4O2S/c1-2-3-8-27-19-14(11-22)12-23-17-7-4-13(9-16(17)19)10-18-20(26)25-21(28-18)24-15-5-6-15/h4,7,9-10,12,15H,2-3,5-6,8H2,1H3,(H,24,25,26)/b18-10-.